The molecule has 1 aromatic heterocycles. The normalized spacial score (nSPS) is 20.6. The third-order valence-electron chi connectivity index (χ3n) is 4.58. The lowest BCUT2D eigenvalue weighted by Gasteiger charge is -2.06. The van der Waals surface area contributed by atoms with Gasteiger partial charge in [-0.2, -0.15) is 4.39 Å². The lowest BCUT2D eigenvalue weighted by atomic mass is 10.1. The Hall–Kier alpha value is -3.02. The molecule has 1 N–H and O–H groups in total. The molecule has 1 aliphatic rings. The zero-order chi connectivity index (χ0) is 20.4. The van der Waals surface area contributed by atoms with Crippen LogP contribution in [0.3, 0.4) is 0 Å². The van der Waals surface area contributed by atoms with Crippen LogP contribution in [0, 0.1) is 29.6 Å². The van der Waals surface area contributed by atoms with Crippen LogP contribution in [0.25, 0.3) is 0 Å². The van der Waals surface area contributed by atoms with E-state index in [9.17, 15) is 23.9 Å². The number of aromatic nitrogens is 2. The fourth-order valence-electron chi connectivity index (χ4n) is 2.93. The van der Waals surface area contributed by atoms with Crippen molar-refractivity contribution in [3.05, 3.63) is 28.6 Å². The Morgan fingerprint density at radius 1 is 1.44 bits per heavy atom. The molecule has 0 spiro atoms. The number of hydrogen-bond donors (Lipinski definition) is 1. The number of rotatable bonds is 7. The second kappa shape index (κ2) is 7.70. The van der Waals surface area contributed by atoms with Gasteiger partial charge in [0.25, 0.3) is 0 Å². The highest BCUT2D eigenvalue weighted by Crippen LogP contribution is 2.60. The Balaban J connectivity index is 2.05. The minimum atomic E-state index is -1.08. The third-order valence-corrected chi connectivity index (χ3v) is 4.58. The summed E-state index contributed by atoms with van der Waals surface area (Å²) in [5.74, 6) is -2.20. The molecule has 1 saturated carbocycles. The van der Waals surface area contributed by atoms with Gasteiger partial charge in [0.1, 0.15) is 0 Å². The van der Waals surface area contributed by atoms with Crippen LogP contribution < -0.4 is 5.69 Å². The van der Waals surface area contributed by atoms with Gasteiger partial charge in [-0.15, -0.1) is 6.42 Å². The second-order valence-corrected chi connectivity index (χ2v) is 6.68. The Kier molecular flexibility index (Phi) is 5.78. The van der Waals surface area contributed by atoms with Crippen molar-refractivity contribution in [2.75, 3.05) is 6.61 Å². The van der Waals surface area contributed by atoms with Gasteiger partial charge in [0.15, 0.2) is 6.73 Å². The highest BCUT2D eigenvalue weighted by Gasteiger charge is 2.62. The smallest absolute Gasteiger partial charge is 0.366 e. The van der Waals surface area contributed by atoms with Gasteiger partial charge in [-0.1, -0.05) is 19.8 Å². The quantitative estimate of drug-likeness (QED) is 0.433. The summed E-state index contributed by atoms with van der Waals surface area (Å²) in [5.41, 5.74) is -1.25. The van der Waals surface area contributed by atoms with Gasteiger partial charge in [0.2, 0.25) is 11.7 Å². The lowest BCUT2D eigenvalue weighted by molar-refractivity contribution is -0.150. The van der Waals surface area contributed by atoms with Crippen molar-refractivity contribution in [2.45, 2.75) is 34.0 Å². The summed E-state index contributed by atoms with van der Waals surface area (Å²) in [4.78, 5) is 35.7. The predicted molar refractivity (Wildman–Crippen MR) is 91.9 cm³/mol. The third kappa shape index (κ3) is 4.05. The van der Waals surface area contributed by atoms with Crippen molar-refractivity contribution < 1.29 is 28.6 Å². The lowest BCUT2D eigenvalue weighted by Crippen LogP contribution is -2.26. The van der Waals surface area contributed by atoms with Gasteiger partial charge in [-0.25, -0.2) is 14.2 Å². The molecule has 0 aromatic carbocycles. The van der Waals surface area contributed by atoms with E-state index >= 15 is 0 Å². The first kappa shape index (κ1) is 20.3. The molecular formula is C18H21FN2O6. The minimum Gasteiger partial charge on any atom is -0.493 e. The molecule has 1 aromatic rings. The fraction of sp³-hybridized carbons (Fsp3) is 0.500. The van der Waals surface area contributed by atoms with Crippen LogP contribution in [0.1, 0.15) is 20.8 Å². The average molecular weight is 380 g/mol. The summed E-state index contributed by atoms with van der Waals surface area (Å²) in [5, 5.41) is 9.76. The number of esters is 2. The van der Waals surface area contributed by atoms with Crippen molar-refractivity contribution in [3.8, 4) is 18.2 Å². The van der Waals surface area contributed by atoms with Crippen LogP contribution >= 0.6 is 0 Å². The zero-order valence-corrected chi connectivity index (χ0v) is 15.3. The number of halogens is 1. The molecule has 1 heterocycles. The maximum Gasteiger partial charge on any atom is 0.366 e. The Morgan fingerprint density at radius 2 is 2.11 bits per heavy atom. The first-order valence-corrected chi connectivity index (χ1v) is 8.28. The molecule has 0 unspecified atom stereocenters. The van der Waals surface area contributed by atoms with Gasteiger partial charge in [-0.3, -0.25) is 9.36 Å². The SMILES string of the molecule is C#CCn1cc(O)n(COC(=O)[C@@H]2[C@H](C=C(F)C(=O)OCC)C2(C)C)c1=O. The van der Waals surface area contributed by atoms with Gasteiger partial charge >= 0.3 is 17.6 Å². The number of allylic oxidation sites excluding steroid dienone is 1. The molecule has 1 aliphatic carbocycles. The number of terminal acetylenes is 1. The van der Waals surface area contributed by atoms with Crippen molar-refractivity contribution in [2.24, 2.45) is 17.3 Å². The van der Waals surface area contributed by atoms with Crippen LogP contribution in [-0.4, -0.2) is 32.8 Å². The van der Waals surface area contributed by atoms with E-state index in [1.165, 1.54) is 0 Å². The second-order valence-electron chi connectivity index (χ2n) is 6.68. The van der Waals surface area contributed by atoms with E-state index in [4.69, 9.17) is 11.2 Å². The molecule has 2 atom stereocenters. The van der Waals surface area contributed by atoms with Crippen LogP contribution in [0.5, 0.6) is 5.88 Å². The number of imidazole rings is 1. The maximum atomic E-state index is 13.8. The number of carbonyl (C=O) groups is 2. The van der Waals surface area contributed by atoms with Crippen LogP contribution in [0.2, 0.25) is 0 Å². The van der Waals surface area contributed by atoms with Crippen molar-refractivity contribution in [3.63, 3.8) is 0 Å². The van der Waals surface area contributed by atoms with Gasteiger partial charge < -0.3 is 14.6 Å². The van der Waals surface area contributed by atoms with E-state index in [1.54, 1.807) is 20.8 Å². The molecule has 146 valence electrons. The van der Waals surface area contributed by atoms with Crippen molar-refractivity contribution in [1.29, 1.82) is 0 Å². The largest absolute Gasteiger partial charge is 0.493 e. The molecule has 8 nitrogen and oxygen atoms in total. The summed E-state index contributed by atoms with van der Waals surface area (Å²) in [6.07, 6.45) is 7.32. The molecular weight excluding hydrogens is 359 g/mol. The predicted octanol–water partition coefficient (Wildman–Crippen LogP) is 1.18. The van der Waals surface area contributed by atoms with E-state index < -0.39 is 53.3 Å². The Bertz CT molecular complexity index is 873. The first-order chi connectivity index (χ1) is 12.6. The average Bonchev–Trinajstić information content (AvgIpc) is 3.02. The zero-order valence-electron chi connectivity index (χ0n) is 15.3. The van der Waals surface area contributed by atoms with Gasteiger partial charge in [-0.05, 0) is 24.3 Å². The minimum absolute atomic E-state index is 0.0387. The molecule has 0 bridgehead atoms. The molecule has 0 amide bonds. The molecule has 9 heteroatoms. The number of ether oxygens (including phenoxy) is 2. The maximum absolute atomic E-state index is 13.8. The molecule has 0 aliphatic heterocycles. The summed E-state index contributed by atoms with van der Waals surface area (Å²) in [6, 6.07) is 0. The summed E-state index contributed by atoms with van der Waals surface area (Å²) < 4.78 is 25.4. The Labute approximate surface area is 155 Å². The van der Waals surface area contributed by atoms with E-state index in [1.807, 2.05) is 0 Å². The highest BCUT2D eigenvalue weighted by molar-refractivity contribution is 5.86. The first-order valence-electron chi connectivity index (χ1n) is 8.28. The van der Waals surface area contributed by atoms with Crippen LogP contribution in [0.4, 0.5) is 4.39 Å². The van der Waals surface area contributed by atoms with Crippen LogP contribution in [0.15, 0.2) is 22.9 Å². The molecule has 27 heavy (non-hydrogen) atoms. The molecule has 0 saturated heterocycles. The van der Waals surface area contributed by atoms with E-state index in [2.05, 4.69) is 10.7 Å². The number of carbonyl (C=O) groups excluding carboxylic acids is 2. The fourth-order valence-corrected chi connectivity index (χ4v) is 2.93. The van der Waals surface area contributed by atoms with Crippen molar-refractivity contribution in [1.82, 2.24) is 9.13 Å². The number of hydrogen-bond acceptors (Lipinski definition) is 6. The standard InChI is InChI=1S/C18H21FN2O6/c1-5-7-20-9-13(22)21(17(20)25)10-27-16(24)14-11(18(14,3)4)8-12(19)15(23)26-6-2/h1,8-9,11,14,22H,6-7,10H2,2-4H3/t11-,14-/m0/s1. The van der Waals surface area contributed by atoms with Gasteiger partial charge in [0.05, 0.1) is 25.3 Å². The monoisotopic (exact) mass is 380 g/mol. The molecule has 0 radical (unpaired) electrons. The number of aromatic hydroxyl groups is 1. The van der Waals surface area contributed by atoms with Crippen LogP contribution in [-0.2, 0) is 32.3 Å². The van der Waals surface area contributed by atoms with Crippen molar-refractivity contribution >= 4 is 11.9 Å². The summed E-state index contributed by atoms with van der Waals surface area (Å²) >= 11 is 0. The highest BCUT2D eigenvalue weighted by atomic mass is 19.1. The summed E-state index contributed by atoms with van der Waals surface area (Å²) in [7, 11) is 0. The van der Waals surface area contributed by atoms with E-state index in [0.29, 0.717) is 0 Å². The molecule has 1 fully saturated rings. The topological polar surface area (TPSA) is 99.8 Å². The van der Waals surface area contributed by atoms with E-state index in [-0.39, 0.29) is 13.2 Å². The molecule has 2 rings (SSSR count). The van der Waals surface area contributed by atoms with E-state index in [0.717, 1.165) is 21.4 Å². The Morgan fingerprint density at radius 3 is 2.70 bits per heavy atom. The van der Waals surface area contributed by atoms with Gasteiger partial charge in [0, 0.05) is 0 Å². The summed E-state index contributed by atoms with van der Waals surface area (Å²) in [6.45, 7) is 4.50. The number of nitrogens with zero attached hydrogens (tertiary/aromatic N) is 2.